The molecule has 0 spiro atoms. The highest BCUT2D eigenvalue weighted by Crippen LogP contribution is 2.22. The molecule has 124 valence electrons. The molecule has 2 aliphatic rings. The molecule has 0 unspecified atom stereocenters. The molecule has 0 aromatic carbocycles. The molecule has 2 saturated heterocycles. The average Bonchev–Trinajstić information content (AvgIpc) is 2.79. The first-order valence-corrected chi connectivity index (χ1v) is 8.42. The van der Waals surface area contributed by atoms with Crippen LogP contribution in [-0.4, -0.2) is 78.3 Å². The van der Waals surface area contributed by atoms with E-state index in [0.29, 0.717) is 6.04 Å². The monoisotopic (exact) mass is 307 g/mol. The van der Waals surface area contributed by atoms with Crippen molar-refractivity contribution in [2.45, 2.75) is 39.0 Å². The molecule has 0 saturated carbocycles. The molecule has 22 heavy (non-hydrogen) atoms. The van der Waals surface area contributed by atoms with Crippen molar-refractivity contribution >= 4 is 0 Å². The Bertz CT molecular complexity index is 475. The van der Waals surface area contributed by atoms with Crippen LogP contribution in [0, 0.1) is 13.8 Å². The molecule has 1 aromatic rings. The Morgan fingerprint density at radius 2 is 1.91 bits per heavy atom. The van der Waals surface area contributed by atoms with E-state index in [9.17, 15) is 5.11 Å². The summed E-state index contributed by atoms with van der Waals surface area (Å²) in [7, 11) is 2.17. The summed E-state index contributed by atoms with van der Waals surface area (Å²) < 4.78 is 5.77. The standard InChI is InChI=1S/C17H29N3O2/c1-13-10-15(22-14(13)2)11-19-5-4-16(17(21)12-19)20-8-6-18(3)7-9-20/h10,16-17,21H,4-9,11-12H2,1-3H3/t16-,17-/m1/s1. The minimum Gasteiger partial charge on any atom is -0.465 e. The summed E-state index contributed by atoms with van der Waals surface area (Å²) in [6, 6.07) is 2.44. The lowest BCUT2D eigenvalue weighted by Crippen LogP contribution is -2.58. The summed E-state index contributed by atoms with van der Waals surface area (Å²) in [4.78, 5) is 7.15. The molecular formula is C17H29N3O2. The molecule has 0 radical (unpaired) electrons. The average molecular weight is 307 g/mol. The van der Waals surface area contributed by atoms with Crippen LogP contribution >= 0.6 is 0 Å². The third kappa shape index (κ3) is 3.54. The number of aliphatic hydroxyl groups is 1. The third-order valence-corrected chi connectivity index (χ3v) is 5.23. The van der Waals surface area contributed by atoms with Crippen LogP contribution in [0.4, 0.5) is 0 Å². The van der Waals surface area contributed by atoms with Crippen molar-refractivity contribution in [1.82, 2.24) is 14.7 Å². The Balaban J connectivity index is 1.53. The van der Waals surface area contributed by atoms with Gasteiger partial charge in [-0.3, -0.25) is 9.80 Å². The predicted molar refractivity (Wildman–Crippen MR) is 86.9 cm³/mol. The maximum Gasteiger partial charge on any atom is 0.118 e. The van der Waals surface area contributed by atoms with Crippen LogP contribution in [0.5, 0.6) is 0 Å². The molecule has 1 N–H and O–H groups in total. The van der Waals surface area contributed by atoms with Crippen LogP contribution in [0.15, 0.2) is 10.5 Å². The fourth-order valence-corrected chi connectivity index (χ4v) is 3.66. The Labute approximate surface area is 133 Å². The molecule has 2 aliphatic heterocycles. The zero-order chi connectivity index (χ0) is 15.7. The maximum absolute atomic E-state index is 10.6. The van der Waals surface area contributed by atoms with Crippen LogP contribution in [0.1, 0.15) is 23.5 Å². The first kappa shape index (κ1) is 16.0. The highest BCUT2D eigenvalue weighted by molar-refractivity contribution is 5.18. The van der Waals surface area contributed by atoms with Gasteiger partial charge in [-0.05, 0) is 38.9 Å². The number of nitrogens with zero attached hydrogens (tertiary/aromatic N) is 3. The zero-order valence-corrected chi connectivity index (χ0v) is 14.1. The summed E-state index contributed by atoms with van der Waals surface area (Å²) in [6.07, 6.45) is 0.790. The molecule has 5 heteroatoms. The van der Waals surface area contributed by atoms with E-state index in [-0.39, 0.29) is 6.10 Å². The van der Waals surface area contributed by atoms with Gasteiger partial charge in [0.25, 0.3) is 0 Å². The number of furan rings is 1. The van der Waals surface area contributed by atoms with Crippen molar-refractivity contribution in [3.8, 4) is 0 Å². The van der Waals surface area contributed by atoms with Crippen molar-refractivity contribution in [3.05, 3.63) is 23.2 Å². The van der Waals surface area contributed by atoms with Crippen LogP contribution in [0.25, 0.3) is 0 Å². The van der Waals surface area contributed by atoms with E-state index in [0.717, 1.165) is 63.8 Å². The molecule has 3 heterocycles. The summed E-state index contributed by atoms with van der Waals surface area (Å²) in [5.74, 6) is 2.02. The largest absolute Gasteiger partial charge is 0.465 e. The lowest BCUT2D eigenvalue weighted by Gasteiger charge is -2.44. The van der Waals surface area contributed by atoms with Gasteiger partial charge in [0.15, 0.2) is 0 Å². The van der Waals surface area contributed by atoms with Crippen molar-refractivity contribution < 1.29 is 9.52 Å². The van der Waals surface area contributed by atoms with Crippen molar-refractivity contribution in [3.63, 3.8) is 0 Å². The first-order valence-electron chi connectivity index (χ1n) is 8.42. The quantitative estimate of drug-likeness (QED) is 0.905. The topological polar surface area (TPSA) is 43.1 Å². The smallest absolute Gasteiger partial charge is 0.118 e. The third-order valence-electron chi connectivity index (χ3n) is 5.23. The number of piperazine rings is 1. The van der Waals surface area contributed by atoms with Crippen LogP contribution in [0.3, 0.4) is 0 Å². The molecule has 2 fully saturated rings. The van der Waals surface area contributed by atoms with Gasteiger partial charge in [0.1, 0.15) is 11.5 Å². The van der Waals surface area contributed by atoms with Crippen molar-refractivity contribution in [1.29, 1.82) is 0 Å². The van der Waals surface area contributed by atoms with Crippen LogP contribution < -0.4 is 0 Å². The number of aliphatic hydroxyl groups excluding tert-OH is 1. The van der Waals surface area contributed by atoms with E-state index in [1.165, 1.54) is 5.56 Å². The van der Waals surface area contributed by atoms with Crippen LogP contribution in [0.2, 0.25) is 0 Å². The van der Waals surface area contributed by atoms with E-state index in [1.54, 1.807) is 0 Å². The number of likely N-dealkylation sites (N-methyl/N-ethyl adjacent to an activating group) is 1. The Morgan fingerprint density at radius 1 is 1.18 bits per heavy atom. The number of aryl methyl sites for hydroxylation is 2. The zero-order valence-electron chi connectivity index (χ0n) is 14.1. The van der Waals surface area contributed by atoms with E-state index in [2.05, 4.69) is 34.7 Å². The number of hydrogen-bond acceptors (Lipinski definition) is 5. The Morgan fingerprint density at radius 3 is 2.50 bits per heavy atom. The lowest BCUT2D eigenvalue weighted by atomic mass is 9.99. The molecule has 1 aromatic heterocycles. The predicted octanol–water partition coefficient (Wildman–Crippen LogP) is 1.08. The minimum atomic E-state index is -0.255. The van der Waals surface area contributed by atoms with Gasteiger partial charge in [0.05, 0.1) is 12.6 Å². The number of β-amino-alcohol motifs (C(OH)–C–C–N with tert-alkyl or cyclic N) is 1. The van der Waals surface area contributed by atoms with Gasteiger partial charge in [-0.25, -0.2) is 0 Å². The second-order valence-electron chi connectivity index (χ2n) is 6.95. The number of rotatable bonds is 3. The van der Waals surface area contributed by atoms with Crippen molar-refractivity contribution in [2.24, 2.45) is 0 Å². The summed E-state index contributed by atoms with van der Waals surface area (Å²) in [5.41, 5.74) is 1.21. The Kier molecular flexibility index (Phi) is 4.88. The molecule has 0 bridgehead atoms. The van der Waals surface area contributed by atoms with E-state index < -0.39 is 0 Å². The number of piperidine rings is 1. The van der Waals surface area contributed by atoms with Gasteiger partial charge in [0, 0.05) is 45.3 Å². The molecule has 0 aliphatic carbocycles. The Hall–Kier alpha value is -0.880. The van der Waals surface area contributed by atoms with Gasteiger partial charge in [-0.2, -0.15) is 0 Å². The second-order valence-corrected chi connectivity index (χ2v) is 6.95. The van der Waals surface area contributed by atoms with Gasteiger partial charge in [0.2, 0.25) is 0 Å². The molecule has 0 amide bonds. The summed E-state index contributed by atoms with van der Waals surface area (Å²) in [6.45, 7) is 11.0. The van der Waals surface area contributed by atoms with Gasteiger partial charge >= 0.3 is 0 Å². The first-order chi connectivity index (χ1) is 10.5. The lowest BCUT2D eigenvalue weighted by molar-refractivity contribution is -0.0298. The van der Waals surface area contributed by atoms with Gasteiger partial charge in [-0.1, -0.05) is 0 Å². The van der Waals surface area contributed by atoms with E-state index in [4.69, 9.17) is 4.42 Å². The highest BCUT2D eigenvalue weighted by Gasteiger charge is 2.33. The maximum atomic E-state index is 10.6. The van der Waals surface area contributed by atoms with E-state index in [1.807, 2.05) is 6.92 Å². The summed E-state index contributed by atoms with van der Waals surface area (Å²) >= 11 is 0. The second kappa shape index (κ2) is 6.71. The van der Waals surface area contributed by atoms with Gasteiger partial charge < -0.3 is 14.4 Å². The molecular weight excluding hydrogens is 278 g/mol. The van der Waals surface area contributed by atoms with E-state index >= 15 is 0 Å². The highest BCUT2D eigenvalue weighted by atomic mass is 16.3. The van der Waals surface area contributed by atoms with Gasteiger partial charge in [-0.15, -0.1) is 0 Å². The number of likely N-dealkylation sites (tertiary alicyclic amines) is 1. The minimum absolute atomic E-state index is 0.255. The molecule has 3 rings (SSSR count). The van der Waals surface area contributed by atoms with Crippen molar-refractivity contribution in [2.75, 3.05) is 46.3 Å². The SMILES string of the molecule is Cc1cc(CN2CC[C@@H](N3CCN(C)CC3)[C@H](O)C2)oc1C. The molecule has 5 nitrogen and oxygen atoms in total. The fraction of sp³-hybridized carbons (Fsp3) is 0.765. The van der Waals surface area contributed by atoms with Crippen LogP contribution in [-0.2, 0) is 6.54 Å². The fourth-order valence-electron chi connectivity index (χ4n) is 3.66. The molecule has 2 atom stereocenters. The summed E-state index contributed by atoms with van der Waals surface area (Å²) in [5, 5.41) is 10.6. The number of hydrogen-bond donors (Lipinski definition) is 1. The normalized spacial score (nSPS) is 29.1.